The zero-order valence-electron chi connectivity index (χ0n) is 8.03. The van der Waals surface area contributed by atoms with Gasteiger partial charge in [-0.15, -0.1) is 0 Å². The Morgan fingerprint density at radius 3 is 2.77 bits per heavy atom. The lowest BCUT2D eigenvalue weighted by Gasteiger charge is -1.97. The van der Waals surface area contributed by atoms with Gasteiger partial charge in [0.1, 0.15) is 5.82 Å². The van der Waals surface area contributed by atoms with Crippen LogP contribution in [-0.2, 0) is 18.2 Å². The third kappa shape index (κ3) is 3.12. The average molecular weight is 185 g/mol. The van der Waals surface area contributed by atoms with Crippen molar-refractivity contribution >= 4 is 0 Å². The molecule has 74 valence electrons. The summed E-state index contributed by atoms with van der Waals surface area (Å²) in [4.78, 5) is 4.22. The van der Waals surface area contributed by atoms with Gasteiger partial charge in [-0.2, -0.15) is 5.10 Å². The molecule has 0 atom stereocenters. The standard InChI is InChI=1S/C8H15N3O2/c1-7-9-8(10-11(7)2)3-5-13-6-4-12/h12H,3-6H2,1-2H3. The van der Waals surface area contributed by atoms with Gasteiger partial charge < -0.3 is 9.84 Å². The first-order valence-corrected chi connectivity index (χ1v) is 4.29. The maximum atomic E-state index is 8.45. The minimum absolute atomic E-state index is 0.0642. The lowest BCUT2D eigenvalue weighted by molar-refractivity contribution is 0.0936. The fourth-order valence-electron chi connectivity index (χ4n) is 0.963. The second kappa shape index (κ2) is 4.94. The van der Waals surface area contributed by atoms with Gasteiger partial charge in [-0.3, -0.25) is 4.68 Å². The van der Waals surface area contributed by atoms with Crippen molar-refractivity contribution in [3.63, 3.8) is 0 Å². The van der Waals surface area contributed by atoms with Crippen LogP contribution in [0.25, 0.3) is 0 Å². The van der Waals surface area contributed by atoms with Crippen LogP contribution < -0.4 is 0 Å². The van der Waals surface area contributed by atoms with Crippen LogP contribution in [-0.4, -0.2) is 39.7 Å². The summed E-state index contributed by atoms with van der Waals surface area (Å²) in [6.07, 6.45) is 0.696. The van der Waals surface area contributed by atoms with Crippen LogP contribution in [0.15, 0.2) is 0 Å². The predicted octanol–water partition coefficient (Wildman–Crippen LogP) is -0.325. The van der Waals surface area contributed by atoms with Gasteiger partial charge in [0.05, 0.1) is 19.8 Å². The molecular formula is C8H15N3O2. The number of aliphatic hydroxyl groups excluding tert-OH is 1. The minimum atomic E-state index is 0.0642. The van der Waals surface area contributed by atoms with E-state index in [1.54, 1.807) is 4.68 Å². The quantitative estimate of drug-likeness (QED) is 0.638. The topological polar surface area (TPSA) is 60.2 Å². The normalized spacial score (nSPS) is 10.7. The van der Waals surface area contributed by atoms with Crippen LogP contribution in [0.4, 0.5) is 0 Å². The van der Waals surface area contributed by atoms with Gasteiger partial charge in [0.2, 0.25) is 0 Å². The smallest absolute Gasteiger partial charge is 0.153 e. The van der Waals surface area contributed by atoms with E-state index in [1.165, 1.54) is 0 Å². The molecule has 0 saturated heterocycles. The van der Waals surface area contributed by atoms with Crippen molar-refractivity contribution < 1.29 is 9.84 Å². The first-order valence-electron chi connectivity index (χ1n) is 4.29. The summed E-state index contributed by atoms with van der Waals surface area (Å²) in [7, 11) is 1.86. The average Bonchev–Trinajstić information content (AvgIpc) is 2.41. The van der Waals surface area contributed by atoms with Crippen LogP contribution in [0.1, 0.15) is 11.6 Å². The SMILES string of the molecule is Cc1nc(CCOCCO)nn1C. The van der Waals surface area contributed by atoms with Crippen molar-refractivity contribution in [1.29, 1.82) is 0 Å². The van der Waals surface area contributed by atoms with E-state index in [0.717, 1.165) is 11.6 Å². The fraction of sp³-hybridized carbons (Fsp3) is 0.750. The molecule has 0 aliphatic rings. The molecule has 0 unspecified atom stereocenters. The molecule has 1 heterocycles. The molecule has 0 fully saturated rings. The Morgan fingerprint density at radius 2 is 2.23 bits per heavy atom. The first kappa shape index (κ1) is 10.1. The molecule has 0 spiro atoms. The molecule has 1 aromatic heterocycles. The van der Waals surface area contributed by atoms with E-state index in [4.69, 9.17) is 9.84 Å². The highest BCUT2D eigenvalue weighted by molar-refractivity contribution is 4.89. The molecule has 5 nitrogen and oxygen atoms in total. The van der Waals surface area contributed by atoms with Crippen molar-refractivity contribution in [2.45, 2.75) is 13.3 Å². The van der Waals surface area contributed by atoms with Gasteiger partial charge in [-0.25, -0.2) is 4.98 Å². The van der Waals surface area contributed by atoms with E-state index in [0.29, 0.717) is 19.6 Å². The summed E-state index contributed by atoms with van der Waals surface area (Å²) in [6, 6.07) is 0. The van der Waals surface area contributed by atoms with E-state index in [9.17, 15) is 0 Å². The van der Waals surface area contributed by atoms with Crippen molar-refractivity contribution in [2.75, 3.05) is 19.8 Å². The van der Waals surface area contributed by atoms with E-state index in [2.05, 4.69) is 10.1 Å². The number of aliphatic hydroxyl groups is 1. The Hall–Kier alpha value is -0.940. The van der Waals surface area contributed by atoms with Gasteiger partial charge in [0, 0.05) is 13.5 Å². The summed E-state index contributed by atoms with van der Waals surface area (Å²) < 4.78 is 6.83. The van der Waals surface area contributed by atoms with Crippen LogP contribution in [0.2, 0.25) is 0 Å². The molecular weight excluding hydrogens is 170 g/mol. The van der Waals surface area contributed by atoms with E-state index in [-0.39, 0.29) is 6.61 Å². The minimum Gasteiger partial charge on any atom is -0.394 e. The number of ether oxygens (including phenoxy) is 1. The van der Waals surface area contributed by atoms with Crippen LogP contribution in [0, 0.1) is 6.92 Å². The number of rotatable bonds is 5. The maximum Gasteiger partial charge on any atom is 0.153 e. The van der Waals surface area contributed by atoms with E-state index in [1.807, 2.05) is 14.0 Å². The van der Waals surface area contributed by atoms with E-state index < -0.39 is 0 Å². The zero-order valence-corrected chi connectivity index (χ0v) is 8.03. The molecule has 1 aromatic rings. The summed E-state index contributed by atoms with van der Waals surface area (Å²) in [6.45, 7) is 2.91. The van der Waals surface area contributed by atoms with Gasteiger partial charge in [0.15, 0.2) is 5.82 Å². The summed E-state index contributed by atoms with van der Waals surface area (Å²) in [5.41, 5.74) is 0. The van der Waals surface area contributed by atoms with Gasteiger partial charge in [-0.1, -0.05) is 0 Å². The van der Waals surface area contributed by atoms with Crippen LogP contribution >= 0.6 is 0 Å². The second-order valence-electron chi connectivity index (χ2n) is 2.78. The molecule has 0 amide bonds. The lowest BCUT2D eigenvalue weighted by Crippen LogP contribution is -2.04. The molecule has 5 heteroatoms. The number of nitrogens with zero attached hydrogens (tertiary/aromatic N) is 3. The summed E-state index contributed by atoms with van der Waals surface area (Å²) in [5.74, 6) is 1.69. The maximum absolute atomic E-state index is 8.45. The number of aryl methyl sites for hydroxylation is 2. The first-order chi connectivity index (χ1) is 6.24. The Balaban J connectivity index is 2.29. The lowest BCUT2D eigenvalue weighted by atomic mass is 10.4. The highest BCUT2D eigenvalue weighted by Gasteiger charge is 2.01. The molecule has 1 N–H and O–H groups in total. The number of hydrogen-bond acceptors (Lipinski definition) is 4. The Morgan fingerprint density at radius 1 is 1.46 bits per heavy atom. The second-order valence-corrected chi connectivity index (χ2v) is 2.78. The molecule has 0 saturated carbocycles. The Labute approximate surface area is 77.4 Å². The van der Waals surface area contributed by atoms with Crippen LogP contribution in [0.3, 0.4) is 0 Å². The summed E-state index contributed by atoms with van der Waals surface area (Å²) in [5, 5.41) is 12.6. The largest absolute Gasteiger partial charge is 0.394 e. The molecule has 0 radical (unpaired) electrons. The number of aromatic nitrogens is 3. The van der Waals surface area contributed by atoms with Crippen LogP contribution in [0.5, 0.6) is 0 Å². The molecule has 0 bridgehead atoms. The molecule has 0 aromatic carbocycles. The monoisotopic (exact) mass is 185 g/mol. The zero-order chi connectivity index (χ0) is 9.68. The van der Waals surface area contributed by atoms with Gasteiger partial charge in [-0.05, 0) is 6.92 Å². The Bertz CT molecular complexity index is 240. The van der Waals surface area contributed by atoms with Crippen molar-refractivity contribution in [2.24, 2.45) is 7.05 Å². The molecule has 1 rings (SSSR count). The third-order valence-electron chi connectivity index (χ3n) is 1.73. The van der Waals surface area contributed by atoms with Crippen molar-refractivity contribution in [3.8, 4) is 0 Å². The molecule has 13 heavy (non-hydrogen) atoms. The highest BCUT2D eigenvalue weighted by atomic mass is 16.5. The van der Waals surface area contributed by atoms with E-state index >= 15 is 0 Å². The fourth-order valence-corrected chi connectivity index (χ4v) is 0.963. The Kier molecular flexibility index (Phi) is 3.85. The predicted molar refractivity (Wildman–Crippen MR) is 47.3 cm³/mol. The molecule has 0 aliphatic carbocycles. The van der Waals surface area contributed by atoms with Gasteiger partial charge in [0.25, 0.3) is 0 Å². The van der Waals surface area contributed by atoms with Gasteiger partial charge >= 0.3 is 0 Å². The van der Waals surface area contributed by atoms with Crippen molar-refractivity contribution in [1.82, 2.24) is 14.8 Å². The number of hydrogen-bond donors (Lipinski definition) is 1. The molecule has 0 aliphatic heterocycles. The third-order valence-corrected chi connectivity index (χ3v) is 1.73. The summed E-state index contributed by atoms with van der Waals surface area (Å²) >= 11 is 0. The highest BCUT2D eigenvalue weighted by Crippen LogP contribution is 1.95. The van der Waals surface area contributed by atoms with Crippen molar-refractivity contribution in [3.05, 3.63) is 11.6 Å².